The van der Waals surface area contributed by atoms with Gasteiger partial charge in [0.25, 0.3) is 0 Å². The summed E-state index contributed by atoms with van der Waals surface area (Å²) in [5.74, 6) is -0.931. The van der Waals surface area contributed by atoms with Crippen LogP contribution in [-0.2, 0) is 11.3 Å². The molecule has 0 radical (unpaired) electrons. The first kappa shape index (κ1) is 24.4. The predicted octanol–water partition coefficient (Wildman–Crippen LogP) is 5.39. The number of aromatic nitrogens is 2. The van der Waals surface area contributed by atoms with Gasteiger partial charge < -0.3 is 19.1 Å². The van der Waals surface area contributed by atoms with E-state index in [2.05, 4.69) is 20.9 Å². The van der Waals surface area contributed by atoms with Gasteiger partial charge in [0, 0.05) is 22.2 Å². The molecule has 0 aliphatic carbocycles. The molecule has 0 unspecified atom stereocenters. The SMILES string of the molecule is COc1ccc(C(=O)c2c(C)n(Cc3cc(O[C@@H](C)C(=O)O)ccc3F)c3nc(Br)ccc23)cc1. The summed E-state index contributed by atoms with van der Waals surface area (Å²) in [6.45, 7) is 3.25. The number of carboxylic acid groups (broad SMARTS) is 1. The fraction of sp³-hybridized carbons (Fsp3) is 0.192. The topological polar surface area (TPSA) is 90.7 Å². The zero-order valence-corrected chi connectivity index (χ0v) is 20.8. The quantitative estimate of drug-likeness (QED) is 0.238. The monoisotopic (exact) mass is 540 g/mol. The maximum Gasteiger partial charge on any atom is 0.344 e. The van der Waals surface area contributed by atoms with Crippen molar-refractivity contribution in [2.45, 2.75) is 26.5 Å². The highest BCUT2D eigenvalue weighted by molar-refractivity contribution is 9.10. The molecular formula is C26H22BrFN2O5. The van der Waals surface area contributed by atoms with E-state index in [0.717, 1.165) is 0 Å². The number of carbonyl (C=O) groups excluding carboxylic acids is 1. The van der Waals surface area contributed by atoms with E-state index in [9.17, 15) is 14.0 Å². The summed E-state index contributed by atoms with van der Waals surface area (Å²) in [6.07, 6.45) is -1.09. The van der Waals surface area contributed by atoms with Crippen LogP contribution in [0.3, 0.4) is 0 Å². The minimum absolute atomic E-state index is 0.0617. The van der Waals surface area contributed by atoms with E-state index in [1.807, 2.05) is 0 Å². The Balaban J connectivity index is 1.79. The second-order valence-corrected chi connectivity index (χ2v) is 8.77. The van der Waals surface area contributed by atoms with Gasteiger partial charge in [0.05, 0.1) is 19.2 Å². The zero-order chi connectivity index (χ0) is 25.3. The van der Waals surface area contributed by atoms with Crippen LogP contribution in [0.15, 0.2) is 59.2 Å². The number of rotatable bonds is 8. The molecule has 4 aromatic rings. The van der Waals surface area contributed by atoms with Gasteiger partial charge >= 0.3 is 5.97 Å². The lowest BCUT2D eigenvalue weighted by Crippen LogP contribution is -2.23. The molecule has 35 heavy (non-hydrogen) atoms. The maximum atomic E-state index is 14.8. The molecule has 0 spiro atoms. The van der Waals surface area contributed by atoms with Gasteiger partial charge in [0.15, 0.2) is 11.9 Å². The molecule has 0 saturated carbocycles. The number of nitrogens with zero attached hydrogens (tertiary/aromatic N) is 2. The van der Waals surface area contributed by atoms with Crippen molar-refractivity contribution >= 4 is 38.7 Å². The van der Waals surface area contributed by atoms with Crippen LogP contribution in [0.2, 0.25) is 0 Å². The lowest BCUT2D eigenvalue weighted by Gasteiger charge is -2.14. The van der Waals surface area contributed by atoms with Crippen LogP contribution in [0, 0.1) is 12.7 Å². The third kappa shape index (κ3) is 4.90. The van der Waals surface area contributed by atoms with Crippen molar-refractivity contribution in [1.29, 1.82) is 0 Å². The van der Waals surface area contributed by atoms with Gasteiger partial charge in [-0.15, -0.1) is 0 Å². The van der Waals surface area contributed by atoms with Gasteiger partial charge in [-0.05, 0) is 84.4 Å². The largest absolute Gasteiger partial charge is 0.497 e. The number of pyridine rings is 1. The molecule has 0 amide bonds. The normalized spacial score (nSPS) is 11.9. The van der Waals surface area contributed by atoms with Gasteiger partial charge in [0.1, 0.15) is 27.6 Å². The van der Waals surface area contributed by atoms with Crippen molar-refractivity contribution < 1.29 is 28.6 Å². The van der Waals surface area contributed by atoms with Crippen LogP contribution in [-0.4, -0.2) is 39.6 Å². The molecular weight excluding hydrogens is 519 g/mol. The molecule has 2 heterocycles. The smallest absolute Gasteiger partial charge is 0.344 e. The van der Waals surface area contributed by atoms with Crippen molar-refractivity contribution in [2.24, 2.45) is 0 Å². The van der Waals surface area contributed by atoms with Crippen molar-refractivity contribution in [3.63, 3.8) is 0 Å². The van der Waals surface area contributed by atoms with Crippen LogP contribution in [0.25, 0.3) is 11.0 Å². The number of hydrogen-bond donors (Lipinski definition) is 1. The lowest BCUT2D eigenvalue weighted by atomic mass is 10.0. The van der Waals surface area contributed by atoms with Crippen LogP contribution in [0.5, 0.6) is 11.5 Å². The first-order valence-corrected chi connectivity index (χ1v) is 11.5. The molecule has 2 aromatic heterocycles. The molecule has 180 valence electrons. The average molecular weight is 541 g/mol. The Hall–Kier alpha value is -3.72. The molecule has 1 N–H and O–H groups in total. The number of carbonyl (C=O) groups is 2. The summed E-state index contributed by atoms with van der Waals surface area (Å²) >= 11 is 3.38. The van der Waals surface area contributed by atoms with Crippen molar-refractivity contribution in [2.75, 3.05) is 7.11 Å². The van der Waals surface area contributed by atoms with Gasteiger partial charge in [-0.1, -0.05) is 0 Å². The fourth-order valence-corrected chi connectivity index (χ4v) is 4.15. The van der Waals surface area contributed by atoms with Gasteiger partial charge in [-0.2, -0.15) is 0 Å². The molecule has 0 aliphatic heterocycles. The van der Waals surface area contributed by atoms with Crippen LogP contribution in [0.1, 0.15) is 34.1 Å². The lowest BCUT2D eigenvalue weighted by molar-refractivity contribution is -0.144. The Kier molecular flexibility index (Phi) is 6.88. The first-order valence-electron chi connectivity index (χ1n) is 10.7. The summed E-state index contributed by atoms with van der Waals surface area (Å²) < 4.78 is 27.7. The predicted molar refractivity (Wildman–Crippen MR) is 132 cm³/mol. The van der Waals surface area contributed by atoms with Gasteiger partial charge in [-0.25, -0.2) is 14.2 Å². The van der Waals surface area contributed by atoms with Crippen molar-refractivity contribution in [3.8, 4) is 11.5 Å². The Morgan fingerprint density at radius 3 is 2.46 bits per heavy atom. The van der Waals surface area contributed by atoms with Gasteiger partial charge in [0.2, 0.25) is 0 Å². The Labute approximate surface area is 209 Å². The number of halogens is 2. The molecule has 0 saturated heterocycles. The molecule has 0 fully saturated rings. The number of methoxy groups -OCH3 is 1. The van der Waals surface area contributed by atoms with E-state index in [0.29, 0.717) is 38.2 Å². The third-order valence-electron chi connectivity index (χ3n) is 5.72. The summed E-state index contributed by atoms with van der Waals surface area (Å²) in [4.78, 5) is 29.2. The highest BCUT2D eigenvalue weighted by atomic mass is 79.9. The second kappa shape index (κ2) is 9.87. The summed E-state index contributed by atoms with van der Waals surface area (Å²) in [6, 6.07) is 14.4. The number of hydrogen-bond acceptors (Lipinski definition) is 5. The standard InChI is InChI=1S/C26H22BrFN2O5/c1-14-23(24(31)16-4-6-18(34-3)7-5-16)20-9-11-22(27)29-25(20)30(14)13-17-12-19(8-10-21(17)28)35-15(2)26(32)33/h4-12,15H,13H2,1-3H3,(H,32,33)/t15-/m0/s1. The van der Waals surface area contributed by atoms with Crippen LogP contribution >= 0.6 is 15.9 Å². The van der Waals surface area contributed by atoms with E-state index in [1.54, 1.807) is 55.0 Å². The molecule has 7 nitrogen and oxygen atoms in total. The third-order valence-corrected chi connectivity index (χ3v) is 6.16. The minimum atomic E-state index is -1.13. The molecule has 4 rings (SSSR count). The number of aliphatic carboxylic acids is 1. The van der Waals surface area contributed by atoms with E-state index in [1.165, 1.54) is 25.1 Å². The second-order valence-electron chi connectivity index (χ2n) is 7.96. The van der Waals surface area contributed by atoms with Gasteiger partial charge in [-0.3, -0.25) is 4.79 Å². The fourth-order valence-electron chi connectivity index (χ4n) is 3.85. The highest BCUT2D eigenvalue weighted by Gasteiger charge is 2.23. The highest BCUT2D eigenvalue weighted by Crippen LogP contribution is 2.30. The van der Waals surface area contributed by atoms with E-state index in [-0.39, 0.29) is 23.6 Å². The van der Waals surface area contributed by atoms with E-state index in [4.69, 9.17) is 14.6 Å². The first-order chi connectivity index (χ1) is 16.7. The van der Waals surface area contributed by atoms with E-state index < -0.39 is 17.9 Å². The Morgan fingerprint density at radius 2 is 1.80 bits per heavy atom. The molecule has 0 aliphatic rings. The number of fused-ring (bicyclic) bond motifs is 1. The summed E-state index contributed by atoms with van der Waals surface area (Å²) in [5.41, 5.74) is 2.36. The van der Waals surface area contributed by atoms with Crippen molar-refractivity contribution in [1.82, 2.24) is 9.55 Å². The Morgan fingerprint density at radius 1 is 1.11 bits per heavy atom. The number of benzene rings is 2. The Bertz CT molecular complexity index is 1430. The molecule has 9 heteroatoms. The maximum absolute atomic E-state index is 14.8. The molecule has 0 bridgehead atoms. The van der Waals surface area contributed by atoms with Crippen molar-refractivity contribution in [3.05, 3.63) is 87.4 Å². The van der Waals surface area contributed by atoms with Crippen LogP contribution < -0.4 is 9.47 Å². The zero-order valence-electron chi connectivity index (χ0n) is 19.2. The minimum Gasteiger partial charge on any atom is -0.497 e. The number of carboxylic acids is 1. The number of ether oxygens (including phenoxy) is 2. The summed E-state index contributed by atoms with van der Waals surface area (Å²) in [5, 5.41) is 9.74. The average Bonchev–Trinajstić information content (AvgIpc) is 3.11. The number of ketones is 1. The molecule has 2 aromatic carbocycles. The molecule has 1 atom stereocenters. The summed E-state index contributed by atoms with van der Waals surface area (Å²) in [7, 11) is 1.56. The van der Waals surface area contributed by atoms with Crippen LogP contribution in [0.4, 0.5) is 4.39 Å². The van der Waals surface area contributed by atoms with E-state index >= 15 is 0 Å².